The summed E-state index contributed by atoms with van der Waals surface area (Å²) < 4.78 is 0. The zero-order valence-corrected chi connectivity index (χ0v) is 16.7. The van der Waals surface area contributed by atoms with Crippen LogP contribution in [0.2, 0.25) is 0 Å². The number of aromatic hydroxyl groups is 2. The third kappa shape index (κ3) is 5.81. The summed E-state index contributed by atoms with van der Waals surface area (Å²) in [5.41, 5.74) is 5.46. The molecule has 5 heteroatoms. The number of aliphatic imine (C=N–C) groups is 2. The zero-order chi connectivity index (χ0) is 21.5. The normalized spacial score (nSPS) is 11.2. The number of phenolic OH excluding ortho intramolecular Hbond substituents is 2. The summed E-state index contributed by atoms with van der Waals surface area (Å²) in [7, 11) is 0. The minimum atomic E-state index is 0.241. The predicted octanol–water partition coefficient (Wildman–Crippen LogP) is 6.34. The van der Waals surface area contributed by atoms with E-state index in [4.69, 9.17) is 0 Å². The number of phenols is 2. The van der Waals surface area contributed by atoms with Gasteiger partial charge in [-0.25, -0.2) is 0 Å². The molecule has 0 aliphatic heterocycles. The first-order valence-corrected chi connectivity index (χ1v) is 9.77. The molecule has 0 heterocycles. The molecule has 5 nitrogen and oxygen atoms in total. The van der Waals surface area contributed by atoms with Crippen LogP contribution in [-0.4, -0.2) is 22.6 Å². The standard InChI is InChI=1S/C26H21N3O2/c30-25-13-1-19(2-14-25)17-27-21-5-9-23(10-6-21)29-24-11-7-22(8-12-24)28-18-20-3-15-26(31)16-4-20/h1-18,29-31H/b27-17+,28-18+. The maximum atomic E-state index is 9.33. The summed E-state index contributed by atoms with van der Waals surface area (Å²) in [6.07, 6.45) is 3.53. The average Bonchev–Trinajstić information content (AvgIpc) is 2.80. The van der Waals surface area contributed by atoms with Crippen molar-refractivity contribution in [1.82, 2.24) is 0 Å². The molecule has 4 aromatic rings. The molecule has 0 saturated carbocycles. The van der Waals surface area contributed by atoms with Crippen molar-refractivity contribution in [2.24, 2.45) is 9.98 Å². The highest BCUT2D eigenvalue weighted by molar-refractivity contribution is 5.83. The third-order valence-electron chi connectivity index (χ3n) is 4.53. The van der Waals surface area contributed by atoms with Crippen LogP contribution in [0.5, 0.6) is 11.5 Å². The van der Waals surface area contributed by atoms with E-state index in [-0.39, 0.29) is 11.5 Å². The van der Waals surface area contributed by atoms with E-state index >= 15 is 0 Å². The van der Waals surface area contributed by atoms with Crippen LogP contribution in [0.4, 0.5) is 22.7 Å². The van der Waals surface area contributed by atoms with E-state index in [2.05, 4.69) is 15.3 Å². The Morgan fingerprint density at radius 2 is 0.839 bits per heavy atom. The Morgan fingerprint density at radius 3 is 1.19 bits per heavy atom. The lowest BCUT2D eigenvalue weighted by Gasteiger charge is -2.07. The second-order valence-electron chi connectivity index (χ2n) is 6.92. The summed E-state index contributed by atoms with van der Waals surface area (Å²) in [6, 6.07) is 29.5. The Hall–Kier alpha value is -4.38. The highest BCUT2D eigenvalue weighted by Gasteiger charge is 1.97. The third-order valence-corrected chi connectivity index (χ3v) is 4.53. The molecule has 0 spiro atoms. The highest BCUT2D eigenvalue weighted by Crippen LogP contribution is 2.23. The van der Waals surface area contributed by atoms with Crippen molar-refractivity contribution in [3.05, 3.63) is 108 Å². The van der Waals surface area contributed by atoms with Gasteiger partial charge in [0.15, 0.2) is 0 Å². The van der Waals surface area contributed by atoms with Crippen molar-refractivity contribution in [2.45, 2.75) is 0 Å². The van der Waals surface area contributed by atoms with Crippen LogP contribution >= 0.6 is 0 Å². The monoisotopic (exact) mass is 407 g/mol. The number of anilines is 2. The molecule has 4 rings (SSSR count). The molecular formula is C26H21N3O2. The first-order chi connectivity index (χ1) is 15.1. The fraction of sp³-hybridized carbons (Fsp3) is 0. The maximum absolute atomic E-state index is 9.33. The number of hydrogen-bond donors (Lipinski definition) is 3. The fourth-order valence-electron chi connectivity index (χ4n) is 2.85. The van der Waals surface area contributed by atoms with E-state index < -0.39 is 0 Å². The van der Waals surface area contributed by atoms with Crippen molar-refractivity contribution in [3.63, 3.8) is 0 Å². The molecule has 0 unspecified atom stereocenters. The maximum Gasteiger partial charge on any atom is 0.115 e. The topological polar surface area (TPSA) is 77.2 Å². The Kier molecular flexibility index (Phi) is 6.05. The second-order valence-corrected chi connectivity index (χ2v) is 6.92. The van der Waals surface area contributed by atoms with Gasteiger partial charge >= 0.3 is 0 Å². The van der Waals surface area contributed by atoms with Crippen molar-refractivity contribution in [2.75, 3.05) is 5.32 Å². The predicted molar refractivity (Wildman–Crippen MR) is 127 cm³/mol. The van der Waals surface area contributed by atoms with Gasteiger partial charge in [0, 0.05) is 23.8 Å². The van der Waals surface area contributed by atoms with Crippen molar-refractivity contribution in [3.8, 4) is 11.5 Å². The molecular weight excluding hydrogens is 386 g/mol. The SMILES string of the molecule is Oc1ccc(/C=N/c2ccc(Nc3ccc(/N=C/c4ccc(O)cc4)cc3)cc2)cc1. The molecule has 0 saturated heterocycles. The Bertz CT molecular complexity index is 1080. The Balaban J connectivity index is 1.35. The van der Waals surface area contributed by atoms with Gasteiger partial charge in [-0.15, -0.1) is 0 Å². The van der Waals surface area contributed by atoms with Gasteiger partial charge in [0.05, 0.1) is 11.4 Å². The molecule has 0 aromatic heterocycles. The molecule has 0 bridgehead atoms. The lowest BCUT2D eigenvalue weighted by Crippen LogP contribution is -1.89. The molecule has 0 aliphatic rings. The van der Waals surface area contributed by atoms with Crippen LogP contribution in [0.3, 0.4) is 0 Å². The molecule has 0 fully saturated rings. The Labute approximate surface area is 180 Å². The van der Waals surface area contributed by atoms with Gasteiger partial charge in [-0.05, 0) is 108 Å². The summed E-state index contributed by atoms with van der Waals surface area (Å²) >= 11 is 0. The van der Waals surface area contributed by atoms with Crippen LogP contribution in [0.1, 0.15) is 11.1 Å². The number of rotatable bonds is 6. The summed E-state index contributed by atoms with van der Waals surface area (Å²) in [6.45, 7) is 0. The molecule has 0 aliphatic carbocycles. The lowest BCUT2D eigenvalue weighted by molar-refractivity contribution is 0.475. The van der Waals surface area contributed by atoms with E-state index in [0.29, 0.717) is 0 Å². The summed E-state index contributed by atoms with van der Waals surface area (Å²) in [4.78, 5) is 8.90. The smallest absolute Gasteiger partial charge is 0.115 e. The second kappa shape index (κ2) is 9.41. The van der Waals surface area contributed by atoms with Gasteiger partial charge in [0.25, 0.3) is 0 Å². The first kappa shape index (κ1) is 19.9. The van der Waals surface area contributed by atoms with Crippen LogP contribution in [0.25, 0.3) is 0 Å². The largest absolute Gasteiger partial charge is 0.508 e. The van der Waals surface area contributed by atoms with Gasteiger partial charge < -0.3 is 15.5 Å². The van der Waals surface area contributed by atoms with Crippen LogP contribution < -0.4 is 5.32 Å². The van der Waals surface area contributed by atoms with Crippen molar-refractivity contribution < 1.29 is 10.2 Å². The van der Waals surface area contributed by atoms with Crippen LogP contribution in [0, 0.1) is 0 Å². The molecule has 0 radical (unpaired) electrons. The van der Waals surface area contributed by atoms with Gasteiger partial charge in [0.1, 0.15) is 11.5 Å². The molecule has 152 valence electrons. The van der Waals surface area contributed by atoms with Gasteiger partial charge in [0.2, 0.25) is 0 Å². The van der Waals surface area contributed by atoms with Crippen LogP contribution in [-0.2, 0) is 0 Å². The highest BCUT2D eigenvalue weighted by atomic mass is 16.3. The summed E-state index contributed by atoms with van der Waals surface area (Å²) in [5.74, 6) is 0.481. The molecule has 4 aromatic carbocycles. The minimum Gasteiger partial charge on any atom is -0.508 e. The number of nitrogens with zero attached hydrogens (tertiary/aromatic N) is 2. The van der Waals surface area contributed by atoms with E-state index in [1.54, 1.807) is 36.7 Å². The molecule has 0 atom stereocenters. The Morgan fingerprint density at radius 1 is 0.484 bits per heavy atom. The zero-order valence-electron chi connectivity index (χ0n) is 16.7. The number of hydrogen-bond acceptors (Lipinski definition) is 5. The lowest BCUT2D eigenvalue weighted by atomic mass is 10.2. The average molecular weight is 407 g/mol. The minimum absolute atomic E-state index is 0.241. The van der Waals surface area contributed by atoms with E-state index in [9.17, 15) is 10.2 Å². The molecule has 0 amide bonds. The van der Waals surface area contributed by atoms with Crippen LogP contribution in [0.15, 0.2) is 107 Å². The first-order valence-electron chi connectivity index (χ1n) is 9.77. The number of benzene rings is 4. The molecule has 3 N–H and O–H groups in total. The van der Waals surface area contributed by atoms with Gasteiger partial charge in [-0.1, -0.05) is 0 Å². The quantitative estimate of drug-likeness (QED) is 0.326. The summed E-state index contributed by atoms with van der Waals surface area (Å²) in [5, 5.41) is 22.0. The van der Waals surface area contributed by atoms with E-state index in [1.807, 2.05) is 72.8 Å². The van der Waals surface area contributed by atoms with Gasteiger partial charge in [-0.3, -0.25) is 9.98 Å². The van der Waals surface area contributed by atoms with Crippen molar-refractivity contribution >= 4 is 35.2 Å². The fourth-order valence-corrected chi connectivity index (χ4v) is 2.85. The van der Waals surface area contributed by atoms with Crippen molar-refractivity contribution in [1.29, 1.82) is 0 Å². The van der Waals surface area contributed by atoms with E-state index in [1.165, 1.54) is 0 Å². The number of nitrogens with one attached hydrogen (secondary N) is 1. The van der Waals surface area contributed by atoms with Gasteiger partial charge in [-0.2, -0.15) is 0 Å². The molecule has 31 heavy (non-hydrogen) atoms. The van der Waals surface area contributed by atoms with E-state index in [0.717, 1.165) is 33.9 Å².